The molecule has 0 aromatic heterocycles. The zero-order valence-electron chi connectivity index (χ0n) is 8.93. The van der Waals surface area contributed by atoms with Gasteiger partial charge in [0.15, 0.2) is 6.23 Å². The van der Waals surface area contributed by atoms with Crippen LogP contribution < -0.4 is 10.1 Å². The van der Waals surface area contributed by atoms with Gasteiger partial charge in [0, 0.05) is 0 Å². The topological polar surface area (TPSA) is 58.6 Å². The predicted octanol–water partition coefficient (Wildman–Crippen LogP) is 1.62. The first-order valence-electron chi connectivity index (χ1n) is 5.46. The fraction of sp³-hybridized carbons (Fsp3) is 0.417. The monoisotopic (exact) mass is 221 g/mol. The molecule has 1 saturated heterocycles. The Bertz CT molecular complexity index is 353. The fourth-order valence-corrected chi connectivity index (χ4v) is 1.85. The molecule has 0 spiro atoms. The molecule has 1 aliphatic heterocycles. The van der Waals surface area contributed by atoms with E-state index in [-0.39, 0.29) is 6.23 Å². The number of hydrogen-bond acceptors (Lipinski definition) is 3. The standard InChI is InChI=1S/C12H15NO3/c14-12(15)10-7-4-8-11(13-10)16-9-5-2-1-3-6-9/h1-3,5-6,10-11,13H,4,7-8H2,(H,14,15)/t10-,11?/m1/s1. The molecule has 0 aliphatic carbocycles. The van der Waals surface area contributed by atoms with Gasteiger partial charge in [0.1, 0.15) is 11.8 Å². The van der Waals surface area contributed by atoms with Gasteiger partial charge in [0.05, 0.1) is 0 Å². The lowest BCUT2D eigenvalue weighted by Gasteiger charge is -2.28. The Hall–Kier alpha value is -1.55. The lowest BCUT2D eigenvalue weighted by Crippen LogP contribution is -2.49. The summed E-state index contributed by atoms with van der Waals surface area (Å²) in [5.41, 5.74) is 0. The van der Waals surface area contributed by atoms with Crippen molar-refractivity contribution in [1.29, 1.82) is 0 Å². The van der Waals surface area contributed by atoms with Crippen LogP contribution in [0.5, 0.6) is 5.75 Å². The van der Waals surface area contributed by atoms with Crippen molar-refractivity contribution in [3.8, 4) is 5.75 Å². The second kappa shape index (κ2) is 4.99. The third-order valence-corrected chi connectivity index (χ3v) is 2.67. The summed E-state index contributed by atoms with van der Waals surface area (Å²) < 4.78 is 5.66. The Labute approximate surface area is 94.2 Å². The summed E-state index contributed by atoms with van der Waals surface area (Å²) in [6, 6.07) is 8.96. The molecule has 86 valence electrons. The molecule has 1 fully saturated rings. The third-order valence-electron chi connectivity index (χ3n) is 2.67. The summed E-state index contributed by atoms with van der Waals surface area (Å²) in [6.07, 6.45) is 2.20. The second-order valence-electron chi connectivity index (χ2n) is 3.91. The quantitative estimate of drug-likeness (QED) is 0.814. The second-order valence-corrected chi connectivity index (χ2v) is 3.91. The van der Waals surface area contributed by atoms with Crippen molar-refractivity contribution in [1.82, 2.24) is 5.32 Å². The zero-order chi connectivity index (χ0) is 11.4. The number of piperidine rings is 1. The minimum atomic E-state index is -0.804. The zero-order valence-corrected chi connectivity index (χ0v) is 8.93. The van der Waals surface area contributed by atoms with Crippen molar-refractivity contribution < 1.29 is 14.6 Å². The molecule has 4 nitrogen and oxygen atoms in total. The van der Waals surface area contributed by atoms with Gasteiger partial charge in [-0.1, -0.05) is 18.2 Å². The van der Waals surface area contributed by atoms with E-state index in [1.54, 1.807) is 0 Å². The summed E-state index contributed by atoms with van der Waals surface area (Å²) in [5, 5.41) is 11.9. The number of para-hydroxylation sites is 1. The summed E-state index contributed by atoms with van der Waals surface area (Å²) in [6.45, 7) is 0. The predicted molar refractivity (Wildman–Crippen MR) is 59.3 cm³/mol. The Balaban J connectivity index is 1.93. The number of rotatable bonds is 3. The van der Waals surface area contributed by atoms with Crippen molar-refractivity contribution in [2.24, 2.45) is 0 Å². The van der Waals surface area contributed by atoms with Crippen LogP contribution in [0.25, 0.3) is 0 Å². The van der Waals surface area contributed by atoms with E-state index >= 15 is 0 Å². The van der Waals surface area contributed by atoms with Crippen LogP contribution in [0.3, 0.4) is 0 Å². The largest absolute Gasteiger partial charge is 0.480 e. The third kappa shape index (κ3) is 2.73. The normalized spacial score (nSPS) is 25.0. The Morgan fingerprint density at radius 2 is 2.06 bits per heavy atom. The number of hydrogen-bond donors (Lipinski definition) is 2. The molecule has 1 aromatic carbocycles. The summed E-state index contributed by atoms with van der Waals surface area (Å²) in [4.78, 5) is 10.8. The number of carboxylic acids is 1. The lowest BCUT2D eigenvalue weighted by atomic mass is 10.0. The molecular weight excluding hydrogens is 206 g/mol. The molecule has 1 aromatic rings. The molecule has 2 atom stereocenters. The van der Waals surface area contributed by atoms with Gasteiger partial charge in [0.25, 0.3) is 0 Å². The Kier molecular flexibility index (Phi) is 3.41. The van der Waals surface area contributed by atoms with Gasteiger partial charge in [0.2, 0.25) is 0 Å². The minimum Gasteiger partial charge on any atom is -0.480 e. The maximum Gasteiger partial charge on any atom is 0.320 e. The maximum absolute atomic E-state index is 10.8. The maximum atomic E-state index is 10.8. The molecule has 0 amide bonds. The molecular formula is C12H15NO3. The van der Waals surface area contributed by atoms with Gasteiger partial charge >= 0.3 is 5.97 Å². The molecule has 4 heteroatoms. The van der Waals surface area contributed by atoms with E-state index in [4.69, 9.17) is 9.84 Å². The van der Waals surface area contributed by atoms with E-state index in [1.165, 1.54) is 0 Å². The summed E-state index contributed by atoms with van der Waals surface area (Å²) >= 11 is 0. The average molecular weight is 221 g/mol. The van der Waals surface area contributed by atoms with Crippen LogP contribution >= 0.6 is 0 Å². The van der Waals surface area contributed by atoms with Crippen LogP contribution in [-0.2, 0) is 4.79 Å². The van der Waals surface area contributed by atoms with Gasteiger partial charge in [-0.15, -0.1) is 0 Å². The number of carboxylic acid groups (broad SMARTS) is 1. The number of benzene rings is 1. The van der Waals surface area contributed by atoms with Crippen molar-refractivity contribution in [2.45, 2.75) is 31.5 Å². The van der Waals surface area contributed by atoms with E-state index in [9.17, 15) is 4.79 Å². The molecule has 2 rings (SSSR count). The number of nitrogens with one attached hydrogen (secondary N) is 1. The van der Waals surface area contributed by atoms with E-state index in [0.717, 1.165) is 18.6 Å². The van der Waals surface area contributed by atoms with Crippen LogP contribution in [0.1, 0.15) is 19.3 Å². The summed E-state index contributed by atoms with van der Waals surface area (Å²) in [7, 11) is 0. The SMILES string of the molecule is O=C(O)[C@H]1CCCC(Oc2ccccc2)N1. The van der Waals surface area contributed by atoms with Gasteiger partial charge in [-0.25, -0.2) is 0 Å². The van der Waals surface area contributed by atoms with Crippen molar-refractivity contribution in [2.75, 3.05) is 0 Å². The highest BCUT2D eigenvalue weighted by Crippen LogP contribution is 2.17. The highest BCUT2D eigenvalue weighted by Gasteiger charge is 2.26. The van der Waals surface area contributed by atoms with E-state index < -0.39 is 12.0 Å². The Morgan fingerprint density at radius 3 is 2.75 bits per heavy atom. The number of carbonyl (C=O) groups is 1. The fourth-order valence-electron chi connectivity index (χ4n) is 1.85. The molecule has 0 saturated carbocycles. The van der Waals surface area contributed by atoms with Gasteiger partial charge in [-0.05, 0) is 31.4 Å². The van der Waals surface area contributed by atoms with Crippen LogP contribution in [0.2, 0.25) is 0 Å². The first-order valence-corrected chi connectivity index (χ1v) is 5.46. The highest BCUT2D eigenvalue weighted by atomic mass is 16.5. The van der Waals surface area contributed by atoms with Crippen molar-refractivity contribution in [3.05, 3.63) is 30.3 Å². The van der Waals surface area contributed by atoms with Gasteiger partial charge in [-0.3, -0.25) is 10.1 Å². The first kappa shape index (κ1) is 11.0. The van der Waals surface area contributed by atoms with Gasteiger partial charge < -0.3 is 9.84 Å². The van der Waals surface area contributed by atoms with E-state index in [0.29, 0.717) is 6.42 Å². The molecule has 16 heavy (non-hydrogen) atoms. The lowest BCUT2D eigenvalue weighted by molar-refractivity contribution is -0.141. The van der Waals surface area contributed by atoms with E-state index in [1.807, 2.05) is 30.3 Å². The smallest absolute Gasteiger partial charge is 0.320 e. The molecule has 1 unspecified atom stereocenters. The molecule has 2 N–H and O–H groups in total. The Morgan fingerprint density at radius 1 is 1.31 bits per heavy atom. The van der Waals surface area contributed by atoms with Crippen LogP contribution in [-0.4, -0.2) is 23.3 Å². The minimum absolute atomic E-state index is 0.197. The summed E-state index contributed by atoms with van der Waals surface area (Å²) in [5.74, 6) is -0.0348. The number of aliphatic carboxylic acids is 1. The molecule has 1 heterocycles. The van der Waals surface area contributed by atoms with Crippen LogP contribution in [0.15, 0.2) is 30.3 Å². The van der Waals surface area contributed by atoms with Crippen LogP contribution in [0, 0.1) is 0 Å². The number of ether oxygens (including phenoxy) is 1. The van der Waals surface area contributed by atoms with Gasteiger partial charge in [-0.2, -0.15) is 0 Å². The molecule has 0 bridgehead atoms. The van der Waals surface area contributed by atoms with Crippen LogP contribution in [0.4, 0.5) is 0 Å². The van der Waals surface area contributed by atoms with E-state index in [2.05, 4.69) is 5.32 Å². The molecule has 1 aliphatic rings. The highest BCUT2D eigenvalue weighted by molar-refractivity contribution is 5.73. The van der Waals surface area contributed by atoms with Crippen molar-refractivity contribution >= 4 is 5.97 Å². The van der Waals surface area contributed by atoms with Crippen molar-refractivity contribution in [3.63, 3.8) is 0 Å². The molecule has 0 radical (unpaired) electrons. The first-order chi connectivity index (χ1) is 7.75. The average Bonchev–Trinajstić information content (AvgIpc) is 2.30.